The molecular formula is C7H12N4. The molecule has 0 saturated carbocycles. The molecule has 0 amide bonds. The number of hydrogen-bond donors (Lipinski definition) is 1. The Morgan fingerprint density at radius 1 is 1.09 bits per heavy atom. The van der Waals surface area contributed by atoms with Gasteiger partial charge in [0.05, 0.1) is 6.04 Å². The van der Waals surface area contributed by atoms with Crippen molar-refractivity contribution in [3.8, 4) is 0 Å². The molecule has 60 valence electrons. The Morgan fingerprint density at radius 3 is 1.91 bits per heavy atom. The minimum absolute atomic E-state index is 0.115. The SMILES string of the molecule is Cc1nc(C)nc(C(C)N)n1. The Balaban J connectivity index is 3.08. The molecule has 1 atom stereocenters. The smallest absolute Gasteiger partial charge is 0.148 e. The maximum Gasteiger partial charge on any atom is 0.148 e. The summed E-state index contributed by atoms with van der Waals surface area (Å²) >= 11 is 0. The fourth-order valence-corrected chi connectivity index (χ4v) is 0.844. The summed E-state index contributed by atoms with van der Waals surface area (Å²) in [5, 5.41) is 0. The van der Waals surface area contributed by atoms with Gasteiger partial charge in [-0.2, -0.15) is 0 Å². The first-order valence-corrected chi connectivity index (χ1v) is 3.54. The van der Waals surface area contributed by atoms with E-state index in [1.165, 1.54) is 0 Å². The summed E-state index contributed by atoms with van der Waals surface area (Å²) in [5.74, 6) is 2.12. The molecule has 0 aliphatic rings. The number of aryl methyl sites for hydroxylation is 2. The Hall–Kier alpha value is -1.03. The zero-order valence-corrected chi connectivity index (χ0v) is 7.00. The minimum Gasteiger partial charge on any atom is -0.322 e. The van der Waals surface area contributed by atoms with E-state index < -0.39 is 0 Å². The fraction of sp³-hybridized carbons (Fsp3) is 0.571. The van der Waals surface area contributed by atoms with Gasteiger partial charge in [-0.05, 0) is 20.8 Å². The number of aromatic nitrogens is 3. The highest BCUT2D eigenvalue weighted by Gasteiger charge is 2.03. The molecule has 0 aliphatic carbocycles. The van der Waals surface area contributed by atoms with Gasteiger partial charge in [0.1, 0.15) is 17.5 Å². The number of nitrogens with two attached hydrogens (primary N) is 1. The van der Waals surface area contributed by atoms with E-state index in [1.807, 2.05) is 20.8 Å². The molecule has 1 rings (SSSR count). The average molecular weight is 152 g/mol. The van der Waals surface area contributed by atoms with Crippen molar-refractivity contribution in [1.29, 1.82) is 0 Å². The van der Waals surface area contributed by atoms with Crippen molar-refractivity contribution in [1.82, 2.24) is 15.0 Å². The van der Waals surface area contributed by atoms with Crippen LogP contribution in [0.4, 0.5) is 0 Å². The molecule has 1 unspecified atom stereocenters. The first-order valence-electron chi connectivity index (χ1n) is 3.54. The third-order valence-corrected chi connectivity index (χ3v) is 1.28. The molecule has 0 radical (unpaired) electrons. The minimum atomic E-state index is -0.115. The quantitative estimate of drug-likeness (QED) is 0.636. The number of hydrogen-bond acceptors (Lipinski definition) is 4. The van der Waals surface area contributed by atoms with Crippen molar-refractivity contribution in [3.63, 3.8) is 0 Å². The lowest BCUT2D eigenvalue weighted by Gasteiger charge is -2.04. The summed E-state index contributed by atoms with van der Waals surface area (Å²) < 4.78 is 0. The zero-order chi connectivity index (χ0) is 8.43. The lowest BCUT2D eigenvalue weighted by atomic mass is 10.3. The summed E-state index contributed by atoms with van der Waals surface area (Å²) in [4.78, 5) is 12.2. The molecule has 4 nitrogen and oxygen atoms in total. The summed E-state index contributed by atoms with van der Waals surface area (Å²) in [6.45, 7) is 5.52. The van der Waals surface area contributed by atoms with Crippen LogP contribution in [-0.2, 0) is 0 Å². The van der Waals surface area contributed by atoms with Gasteiger partial charge in [0.2, 0.25) is 0 Å². The van der Waals surface area contributed by atoms with E-state index in [9.17, 15) is 0 Å². The Labute approximate surface area is 65.9 Å². The van der Waals surface area contributed by atoms with E-state index in [-0.39, 0.29) is 6.04 Å². The Morgan fingerprint density at radius 2 is 1.55 bits per heavy atom. The van der Waals surface area contributed by atoms with E-state index in [0.717, 1.165) is 11.6 Å². The molecule has 0 aromatic carbocycles. The maximum absolute atomic E-state index is 5.60. The average Bonchev–Trinajstić information content (AvgIpc) is 1.85. The fourth-order valence-electron chi connectivity index (χ4n) is 0.844. The van der Waals surface area contributed by atoms with E-state index in [2.05, 4.69) is 15.0 Å². The van der Waals surface area contributed by atoms with Crippen LogP contribution in [0.1, 0.15) is 30.4 Å². The molecule has 0 bridgehead atoms. The van der Waals surface area contributed by atoms with Gasteiger partial charge in [-0.15, -0.1) is 0 Å². The predicted molar refractivity (Wildman–Crippen MR) is 41.9 cm³/mol. The monoisotopic (exact) mass is 152 g/mol. The van der Waals surface area contributed by atoms with Crippen molar-refractivity contribution >= 4 is 0 Å². The molecule has 1 aromatic rings. The van der Waals surface area contributed by atoms with Gasteiger partial charge in [0, 0.05) is 0 Å². The zero-order valence-electron chi connectivity index (χ0n) is 7.00. The number of rotatable bonds is 1. The van der Waals surface area contributed by atoms with Gasteiger partial charge in [0.15, 0.2) is 0 Å². The summed E-state index contributed by atoms with van der Waals surface area (Å²) in [6.07, 6.45) is 0. The van der Waals surface area contributed by atoms with Gasteiger partial charge in [-0.1, -0.05) is 0 Å². The molecule has 11 heavy (non-hydrogen) atoms. The third-order valence-electron chi connectivity index (χ3n) is 1.28. The van der Waals surface area contributed by atoms with Crippen molar-refractivity contribution < 1.29 is 0 Å². The second-order valence-electron chi connectivity index (χ2n) is 2.58. The van der Waals surface area contributed by atoms with E-state index in [4.69, 9.17) is 5.73 Å². The lowest BCUT2D eigenvalue weighted by molar-refractivity contribution is 0.706. The molecule has 2 N–H and O–H groups in total. The van der Waals surface area contributed by atoms with E-state index >= 15 is 0 Å². The lowest BCUT2D eigenvalue weighted by Crippen LogP contribution is -2.12. The molecule has 0 aliphatic heterocycles. The summed E-state index contributed by atoms with van der Waals surface area (Å²) in [7, 11) is 0. The molecule has 0 fully saturated rings. The van der Waals surface area contributed by atoms with Crippen LogP contribution in [0.2, 0.25) is 0 Å². The first-order chi connectivity index (χ1) is 5.09. The highest BCUT2D eigenvalue weighted by atomic mass is 15.0. The Bertz CT molecular complexity index is 236. The maximum atomic E-state index is 5.60. The second-order valence-corrected chi connectivity index (χ2v) is 2.58. The van der Waals surface area contributed by atoms with Gasteiger partial charge in [-0.25, -0.2) is 15.0 Å². The first kappa shape index (κ1) is 8.07. The predicted octanol–water partition coefficient (Wildman–Crippen LogP) is 0.508. The number of nitrogens with zero attached hydrogens (tertiary/aromatic N) is 3. The van der Waals surface area contributed by atoms with Gasteiger partial charge < -0.3 is 5.73 Å². The van der Waals surface area contributed by atoms with Crippen molar-refractivity contribution in [2.75, 3.05) is 0 Å². The van der Waals surface area contributed by atoms with Gasteiger partial charge in [0.25, 0.3) is 0 Å². The highest BCUT2D eigenvalue weighted by molar-refractivity contribution is 4.97. The van der Waals surface area contributed by atoms with E-state index in [0.29, 0.717) is 5.82 Å². The second kappa shape index (κ2) is 2.92. The van der Waals surface area contributed by atoms with Crippen LogP contribution in [0, 0.1) is 13.8 Å². The topological polar surface area (TPSA) is 64.7 Å². The summed E-state index contributed by atoms with van der Waals surface area (Å²) in [5.41, 5.74) is 5.60. The van der Waals surface area contributed by atoms with Crippen LogP contribution in [-0.4, -0.2) is 15.0 Å². The Kier molecular flexibility index (Phi) is 2.14. The normalized spacial score (nSPS) is 13.1. The van der Waals surface area contributed by atoms with Crippen molar-refractivity contribution in [2.45, 2.75) is 26.8 Å². The van der Waals surface area contributed by atoms with Crippen LogP contribution < -0.4 is 5.73 Å². The largest absolute Gasteiger partial charge is 0.322 e. The van der Waals surface area contributed by atoms with Crippen molar-refractivity contribution in [3.05, 3.63) is 17.5 Å². The van der Waals surface area contributed by atoms with Crippen LogP contribution >= 0.6 is 0 Å². The van der Waals surface area contributed by atoms with Gasteiger partial charge in [-0.3, -0.25) is 0 Å². The molecule has 1 aromatic heterocycles. The van der Waals surface area contributed by atoms with Crippen LogP contribution in [0.5, 0.6) is 0 Å². The molecule has 1 heterocycles. The van der Waals surface area contributed by atoms with Crippen molar-refractivity contribution in [2.24, 2.45) is 5.73 Å². The highest BCUT2D eigenvalue weighted by Crippen LogP contribution is 2.02. The van der Waals surface area contributed by atoms with Crippen LogP contribution in [0.25, 0.3) is 0 Å². The molecule has 4 heteroatoms. The van der Waals surface area contributed by atoms with Crippen LogP contribution in [0.15, 0.2) is 0 Å². The van der Waals surface area contributed by atoms with Gasteiger partial charge >= 0.3 is 0 Å². The molecular weight excluding hydrogens is 140 g/mol. The molecule has 0 spiro atoms. The van der Waals surface area contributed by atoms with Crippen LogP contribution in [0.3, 0.4) is 0 Å². The standard InChI is InChI=1S/C7H12N4/c1-4(8)7-10-5(2)9-6(3)11-7/h4H,8H2,1-3H3. The summed E-state index contributed by atoms with van der Waals surface area (Å²) in [6, 6.07) is -0.115. The third kappa shape index (κ3) is 1.94. The molecule has 0 saturated heterocycles. The van der Waals surface area contributed by atoms with E-state index in [1.54, 1.807) is 0 Å².